The van der Waals surface area contributed by atoms with Crippen LogP contribution in [0.25, 0.3) is 0 Å². The summed E-state index contributed by atoms with van der Waals surface area (Å²) in [7, 11) is 1.87. The van der Waals surface area contributed by atoms with Crippen LogP contribution in [0, 0.1) is 11.3 Å². The lowest BCUT2D eigenvalue weighted by atomic mass is 9.99. The van der Waals surface area contributed by atoms with Crippen LogP contribution in [-0.2, 0) is 0 Å². The van der Waals surface area contributed by atoms with Crippen LogP contribution >= 0.6 is 11.8 Å². The number of nitrogens with one attached hydrogen (secondary N) is 1. The molecule has 0 aromatic carbocycles. The Hall–Kier alpha value is -0.200. The van der Waals surface area contributed by atoms with Gasteiger partial charge in [0.05, 0.1) is 6.07 Å². The maximum absolute atomic E-state index is 9.01. The second-order valence-corrected chi connectivity index (χ2v) is 6.34. The van der Waals surface area contributed by atoms with Crippen molar-refractivity contribution in [1.82, 2.24) is 5.32 Å². The second-order valence-electron chi connectivity index (χ2n) is 4.93. The predicted octanol–water partition coefficient (Wildman–Crippen LogP) is 3.33. The number of thioether (sulfide) groups is 1. The minimum absolute atomic E-state index is 0.326. The average molecular weight is 240 g/mol. The number of nitriles is 1. The summed E-state index contributed by atoms with van der Waals surface area (Å²) in [5.41, 5.74) is -0.326. The molecule has 1 rings (SSSR count). The third-order valence-electron chi connectivity index (χ3n) is 3.53. The molecule has 1 atom stereocenters. The summed E-state index contributed by atoms with van der Waals surface area (Å²) in [6.07, 6.45) is 9.20. The summed E-state index contributed by atoms with van der Waals surface area (Å²) in [4.78, 5) is 0. The Labute approximate surface area is 104 Å². The van der Waals surface area contributed by atoms with Crippen molar-refractivity contribution < 1.29 is 0 Å². The smallest absolute Gasteiger partial charge is 0.103 e. The minimum Gasteiger partial charge on any atom is -0.303 e. The van der Waals surface area contributed by atoms with Gasteiger partial charge in [-0.25, -0.2) is 0 Å². The zero-order chi connectivity index (χ0) is 11.9. The van der Waals surface area contributed by atoms with Crippen LogP contribution < -0.4 is 5.32 Å². The van der Waals surface area contributed by atoms with Crippen LogP contribution in [-0.4, -0.2) is 23.6 Å². The molecule has 0 bridgehead atoms. The van der Waals surface area contributed by atoms with Gasteiger partial charge in [-0.2, -0.15) is 17.0 Å². The van der Waals surface area contributed by atoms with E-state index in [9.17, 15) is 0 Å². The summed E-state index contributed by atoms with van der Waals surface area (Å²) in [5, 5.41) is 13.0. The fourth-order valence-corrected chi connectivity index (χ4v) is 3.46. The molecular weight excluding hydrogens is 216 g/mol. The fraction of sp³-hybridized carbons (Fsp3) is 0.923. The topological polar surface area (TPSA) is 35.8 Å². The van der Waals surface area contributed by atoms with E-state index >= 15 is 0 Å². The Kier molecular flexibility index (Phi) is 6.23. The zero-order valence-electron chi connectivity index (χ0n) is 10.6. The Morgan fingerprint density at radius 2 is 2.06 bits per heavy atom. The molecule has 0 radical (unpaired) electrons. The van der Waals surface area contributed by atoms with Crippen LogP contribution in [0.3, 0.4) is 0 Å². The average Bonchev–Trinajstić information content (AvgIpc) is 2.36. The largest absolute Gasteiger partial charge is 0.303 e. The molecule has 0 amide bonds. The molecule has 1 aliphatic carbocycles. The Bertz CT molecular complexity index is 231. The molecule has 1 fully saturated rings. The van der Waals surface area contributed by atoms with Crippen molar-refractivity contribution in [2.24, 2.45) is 0 Å². The van der Waals surface area contributed by atoms with Gasteiger partial charge in [0.1, 0.15) is 5.54 Å². The van der Waals surface area contributed by atoms with Crippen LogP contribution in [0.4, 0.5) is 0 Å². The van der Waals surface area contributed by atoms with Crippen LogP contribution in [0.1, 0.15) is 51.9 Å². The lowest BCUT2D eigenvalue weighted by Gasteiger charge is -2.23. The molecule has 0 saturated heterocycles. The van der Waals surface area contributed by atoms with Gasteiger partial charge in [-0.1, -0.05) is 19.3 Å². The Morgan fingerprint density at radius 1 is 1.38 bits per heavy atom. The van der Waals surface area contributed by atoms with Gasteiger partial charge in [-0.3, -0.25) is 0 Å². The molecule has 1 unspecified atom stereocenters. The van der Waals surface area contributed by atoms with Gasteiger partial charge >= 0.3 is 0 Å². The first-order valence-electron chi connectivity index (χ1n) is 6.42. The molecule has 0 spiro atoms. The molecule has 0 aromatic rings. The molecule has 92 valence electrons. The lowest BCUT2D eigenvalue weighted by Crippen LogP contribution is -2.38. The highest BCUT2D eigenvalue weighted by molar-refractivity contribution is 7.99. The summed E-state index contributed by atoms with van der Waals surface area (Å²) in [6, 6.07) is 2.35. The summed E-state index contributed by atoms with van der Waals surface area (Å²) >= 11 is 2.12. The first-order chi connectivity index (χ1) is 7.70. The van der Waals surface area contributed by atoms with E-state index in [1.165, 1.54) is 37.9 Å². The SMILES string of the molecule is CNC(C)(C#N)CCCSC1CCCCC1. The van der Waals surface area contributed by atoms with Gasteiger partial charge in [-0.15, -0.1) is 0 Å². The molecule has 0 heterocycles. The zero-order valence-corrected chi connectivity index (χ0v) is 11.4. The Morgan fingerprint density at radius 3 is 2.62 bits per heavy atom. The van der Waals surface area contributed by atoms with Crippen molar-refractivity contribution in [2.45, 2.75) is 62.7 Å². The Balaban J connectivity index is 2.09. The number of nitrogens with zero attached hydrogens (tertiary/aromatic N) is 1. The monoisotopic (exact) mass is 240 g/mol. The normalized spacial score (nSPS) is 21.3. The van der Waals surface area contributed by atoms with Crippen molar-refractivity contribution in [3.05, 3.63) is 0 Å². The lowest BCUT2D eigenvalue weighted by molar-refractivity contribution is 0.451. The molecule has 3 heteroatoms. The van der Waals surface area contributed by atoms with Gasteiger partial charge < -0.3 is 5.32 Å². The molecule has 0 aromatic heterocycles. The van der Waals surface area contributed by atoms with Crippen molar-refractivity contribution in [1.29, 1.82) is 5.26 Å². The van der Waals surface area contributed by atoms with E-state index in [-0.39, 0.29) is 5.54 Å². The van der Waals surface area contributed by atoms with E-state index in [0.717, 1.165) is 18.1 Å². The summed E-state index contributed by atoms with van der Waals surface area (Å²) in [5.74, 6) is 1.21. The molecule has 1 N–H and O–H groups in total. The van der Waals surface area contributed by atoms with Gasteiger partial charge in [0, 0.05) is 5.25 Å². The highest BCUT2D eigenvalue weighted by Crippen LogP contribution is 2.29. The third-order valence-corrected chi connectivity index (χ3v) is 4.99. The first-order valence-corrected chi connectivity index (χ1v) is 7.47. The van der Waals surface area contributed by atoms with E-state index in [4.69, 9.17) is 5.26 Å². The highest BCUT2D eigenvalue weighted by Gasteiger charge is 2.20. The maximum atomic E-state index is 9.01. The molecular formula is C13H24N2S. The summed E-state index contributed by atoms with van der Waals surface area (Å²) < 4.78 is 0. The first kappa shape index (κ1) is 13.9. The van der Waals surface area contributed by atoms with E-state index < -0.39 is 0 Å². The van der Waals surface area contributed by atoms with Gasteiger partial charge in [-0.05, 0) is 45.4 Å². The molecule has 0 aliphatic heterocycles. The van der Waals surface area contributed by atoms with Crippen LogP contribution in [0.2, 0.25) is 0 Å². The van der Waals surface area contributed by atoms with Crippen molar-refractivity contribution in [2.75, 3.05) is 12.8 Å². The van der Waals surface area contributed by atoms with Gasteiger partial charge in [0.15, 0.2) is 0 Å². The minimum atomic E-state index is -0.326. The van der Waals surface area contributed by atoms with E-state index in [0.29, 0.717) is 0 Å². The summed E-state index contributed by atoms with van der Waals surface area (Å²) in [6.45, 7) is 1.98. The van der Waals surface area contributed by atoms with Crippen LogP contribution in [0.5, 0.6) is 0 Å². The number of hydrogen-bond acceptors (Lipinski definition) is 3. The molecule has 1 saturated carbocycles. The van der Waals surface area contributed by atoms with Crippen molar-refractivity contribution >= 4 is 11.8 Å². The van der Waals surface area contributed by atoms with E-state index in [1.54, 1.807) is 0 Å². The van der Waals surface area contributed by atoms with E-state index in [2.05, 4.69) is 23.1 Å². The third kappa shape index (κ3) is 4.76. The number of hydrogen-bond donors (Lipinski definition) is 1. The molecule has 2 nitrogen and oxygen atoms in total. The van der Waals surface area contributed by atoms with E-state index in [1.807, 2.05) is 14.0 Å². The second kappa shape index (κ2) is 7.19. The molecule has 16 heavy (non-hydrogen) atoms. The van der Waals surface area contributed by atoms with Gasteiger partial charge in [0.2, 0.25) is 0 Å². The van der Waals surface area contributed by atoms with Crippen LogP contribution in [0.15, 0.2) is 0 Å². The van der Waals surface area contributed by atoms with Crippen molar-refractivity contribution in [3.8, 4) is 6.07 Å². The fourth-order valence-electron chi connectivity index (χ4n) is 2.14. The van der Waals surface area contributed by atoms with Gasteiger partial charge in [0.25, 0.3) is 0 Å². The quantitative estimate of drug-likeness (QED) is 0.723. The maximum Gasteiger partial charge on any atom is 0.103 e. The van der Waals surface area contributed by atoms with Crippen molar-refractivity contribution in [3.63, 3.8) is 0 Å². The number of rotatable bonds is 6. The molecule has 1 aliphatic rings. The standard InChI is InChI=1S/C13H24N2S/c1-13(11-14,15-2)9-6-10-16-12-7-4-3-5-8-12/h12,15H,3-10H2,1-2H3. The highest BCUT2D eigenvalue weighted by atomic mass is 32.2. The predicted molar refractivity (Wildman–Crippen MR) is 71.6 cm³/mol.